The van der Waals surface area contributed by atoms with Gasteiger partial charge in [-0.05, 0) is 47.7 Å². The topological polar surface area (TPSA) is 68.5 Å². The largest absolute Gasteiger partial charge is 0.485 e. The van der Waals surface area contributed by atoms with E-state index in [1.165, 1.54) is 10.4 Å². The van der Waals surface area contributed by atoms with E-state index in [-0.39, 0.29) is 12.5 Å². The van der Waals surface area contributed by atoms with Crippen molar-refractivity contribution in [2.24, 2.45) is 0 Å². The third kappa shape index (κ3) is 3.41. The number of ether oxygens (including phenoxy) is 1. The van der Waals surface area contributed by atoms with Crippen molar-refractivity contribution in [3.63, 3.8) is 0 Å². The highest BCUT2D eigenvalue weighted by Gasteiger charge is 2.22. The van der Waals surface area contributed by atoms with Gasteiger partial charge in [0.1, 0.15) is 5.75 Å². The van der Waals surface area contributed by atoms with Crippen molar-refractivity contribution in [3.05, 3.63) is 63.4 Å². The molecular weight excluding hydrogens is 338 g/mol. The summed E-state index contributed by atoms with van der Waals surface area (Å²) in [6.45, 7) is 3.42. The van der Waals surface area contributed by atoms with Gasteiger partial charge >= 0.3 is 0 Å². The molecule has 0 saturated carbocycles. The molecule has 0 saturated heterocycles. The number of nitrogens with zero attached hydrogens (tertiary/aromatic N) is 3. The molecule has 0 unspecified atom stereocenters. The van der Waals surface area contributed by atoms with Crippen LogP contribution in [0.1, 0.15) is 32.5 Å². The predicted octanol–water partition coefficient (Wildman–Crippen LogP) is 3.22. The molecule has 7 heteroatoms. The number of hydrogen-bond donors (Lipinski definition) is 0. The minimum atomic E-state index is 0.0530. The lowest BCUT2D eigenvalue weighted by molar-refractivity contribution is 0.0736. The average molecular weight is 355 g/mol. The molecule has 1 aromatic carbocycles. The Morgan fingerprint density at radius 1 is 1.32 bits per heavy atom. The van der Waals surface area contributed by atoms with Crippen LogP contribution in [0.15, 0.2) is 40.2 Å². The van der Waals surface area contributed by atoms with Gasteiger partial charge in [0, 0.05) is 30.5 Å². The monoisotopic (exact) mass is 355 g/mol. The highest BCUT2D eigenvalue weighted by atomic mass is 32.1. The summed E-state index contributed by atoms with van der Waals surface area (Å²) in [6, 6.07) is 9.28. The molecule has 128 valence electrons. The molecule has 0 atom stereocenters. The molecule has 1 aliphatic rings. The molecule has 1 aliphatic heterocycles. The summed E-state index contributed by atoms with van der Waals surface area (Å²) in [5, 5.41) is 5.87. The Labute approximate surface area is 149 Å². The first kappa shape index (κ1) is 15.8. The van der Waals surface area contributed by atoms with Crippen LogP contribution in [0.4, 0.5) is 0 Å². The van der Waals surface area contributed by atoms with Crippen molar-refractivity contribution in [2.75, 3.05) is 6.54 Å². The normalized spacial score (nSPS) is 13.6. The Bertz CT molecular complexity index is 885. The SMILES string of the molecule is Cc1nc(COc2ccc(C(=O)N3CCc4sccc4C3)cc2)no1. The van der Waals surface area contributed by atoms with Crippen molar-refractivity contribution in [1.82, 2.24) is 15.0 Å². The van der Waals surface area contributed by atoms with Crippen molar-refractivity contribution < 1.29 is 14.1 Å². The quantitative estimate of drug-likeness (QED) is 0.719. The zero-order valence-electron chi connectivity index (χ0n) is 13.8. The molecule has 25 heavy (non-hydrogen) atoms. The number of fused-ring (bicyclic) bond motifs is 1. The molecule has 6 nitrogen and oxygen atoms in total. The number of carbonyl (C=O) groups excluding carboxylic acids is 1. The number of amides is 1. The predicted molar refractivity (Wildman–Crippen MR) is 92.6 cm³/mol. The highest BCUT2D eigenvalue weighted by Crippen LogP contribution is 2.25. The van der Waals surface area contributed by atoms with E-state index in [1.54, 1.807) is 42.5 Å². The minimum absolute atomic E-state index is 0.0530. The number of thiophene rings is 1. The molecule has 4 rings (SSSR count). The van der Waals surface area contributed by atoms with Crippen LogP contribution >= 0.6 is 11.3 Å². The molecular formula is C18H17N3O3S. The minimum Gasteiger partial charge on any atom is -0.485 e. The second-order valence-electron chi connectivity index (χ2n) is 5.89. The molecule has 2 aromatic heterocycles. The molecule has 0 aliphatic carbocycles. The second kappa shape index (κ2) is 6.68. The summed E-state index contributed by atoms with van der Waals surface area (Å²) in [4.78, 5) is 20.1. The van der Waals surface area contributed by atoms with Gasteiger partial charge in [0.25, 0.3) is 5.91 Å². The molecule has 0 bridgehead atoms. The lowest BCUT2D eigenvalue weighted by atomic mass is 10.1. The summed E-state index contributed by atoms with van der Waals surface area (Å²) in [5.74, 6) is 1.72. The average Bonchev–Trinajstić information content (AvgIpc) is 3.27. The van der Waals surface area contributed by atoms with Gasteiger partial charge in [0.2, 0.25) is 11.7 Å². The number of hydrogen-bond acceptors (Lipinski definition) is 6. The Hall–Kier alpha value is -2.67. The molecule has 0 fully saturated rings. The van der Waals surface area contributed by atoms with Gasteiger partial charge < -0.3 is 14.2 Å². The maximum Gasteiger partial charge on any atom is 0.254 e. The Morgan fingerprint density at radius 3 is 2.92 bits per heavy atom. The van der Waals surface area contributed by atoms with E-state index in [1.807, 2.05) is 4.90 Å². The molecule has 3 heterocycles. The lowest BCUT2D eigenvalue weighted by Gasteiger charge is -2.27. The van der Waals surface area contributed by atoms with Crippen LogP contribution < -0.4 is 4.74 Å². The van der Waals surface area contributed by atoms with E-state index in [0.717, 1.165) is 13.0 Å². The summed E-state index contributed by atoms with van der Waals surface area (Å²) in [6.07, 6.45) is 0.935. The van der Waals surface area contributed by atoms with Gasteiger partial charge in [0.15, 0.2) is 6.61 Å². The second-order valence-corrected chi connectivity index (χ2v) is 6.89. The van der Waals surface area contributed by atoms with E-state index >= 15 is 0 Å². The summed E-state index contributed by atoms with van der Waals surface area (Å²) in [7, 11) is 0. The number of aromatic nitrogens is 2. The summed E-state index contributed by atoms with van der Waals surface area (Å²) < 4.78 is 10.5. The summed E-state index contributed by atoms with van der Waals surface area (Å²) in [5.41, 5.74) is 1.93. The highest BCUT2D eigenvalue weighted by molar-refractivity contribution is 7.10. The number of carbonyl (C=O) groups is 1. The molecule has 0 N–H and O–H groups in total. The smallest absolute Gasteiger partial charge is 0.254 e. The van der Waals surface area contributed by atoms with E-state index in [4.69, 9.17) is 9.26 Å². The first-order chi connectivity index (χ1) is 12.2. The third-order valence-electron chi connectivity index (χ3n) is 4.13. The fourth-order valence-electron chi connectivity index (χ4n) is 2.85. The molecule has 3 aromatic rings. The van der Waals surface area contributed by atoms with Gasteiger partial charge in [0.05, 0.1) is 0 Å². The van der Waals surface area contributed by atoms with Crippen LogP contribution in [0.2, 0.25) is 0 Å². The Kier molecular flexibility index (Phi) is 4.23. The number of benzene rings is 1. The molecule has 0 radical (unpaired) electrons. The van der Waals surface area contributed by atoms with Gasteiger partial charge in [-0.2, -0.15) is 4.98 Å². The Balaban J connectivity index is 1.39. The van der Waals surface area contributed by atoms with Crippen molar-refractivity contribution in [2.45, 2.75) is 26.5 Å². The molecule has 1 amide bonds. The summed E-state index contributed by atoms with van der Waals surface area (Å²) >= 11 is 1.77. The Morgan fingerprint density at radius 2 is 2.16 bits per heavy atom. The van der Waals surface area contributed by atoms with Crippen LogP contribution in [0.25, 0.3) is 0 Å². The van der Waals surface area contributed by atoms with Gasteiger partial charge in [-0.3, -0.25) is 4.79 Å². The number of aryl methyl sites for hydroxylation is 1. The zero-order chi connectivity index (χ0) is 17.2. The third-order valence-corrected chi connectivity index (χ3v) is 5.16. The fraction of sp³-hybridized carbons (Fsp3) is 0.278. The van der Waals surface area contributed by atoms with Gasteiger partial charge in [-0.15, -0.1) is 11.3 Å². The number of rotatable bonds is 4. The fourth-order valence-corrected chi connectivity index (χ4v) is 3.74. The van der Waals surface area contributed by atoms with Crippen molar-refractivity contribution >= 4 is 17.2 Å². The van der Waals surface area contributed by atoms with E-state index in [9.17, 15) is 4.79 Å². The van der Waals surface area contributed by atoms with E-state index in [0.29, 0.717) is 29.6 Å². The van der Waals surface area contributed by atoms with Crippen LogP contribution in [-0.2, 0) is 19.6 Å². The maximum atomic E-state index is 12.7. The van der Waals surface area contributed by atoms with Crippen LogP contribution in [0.5, 0.6) is 5.75 Å². The zero-order valence-corrected chi connectivity index (χ0v) is 14.6. The van der Waals surface area contributed by atoms with Crippen LogP contribution in [-0.4, -0.2) is 27.5 Å². The van der Waals surface area contributed by atoms with Gasteiger partial charge in [-0.25, -0.2) is 0 Å². The first-order valence-corrected chi connectivity index (χ1v) is 8.93. The van der Waals surface area contributed by atoms with Gasteiger partial charge in [-0.1, -0.05) is 5.16 Å². The van der Waals surface area contributed by atoms with Crippen molar-refractivity contribution in [3.8, 4) is 5.75 Å². The van der Waals surface area contributed by atoms with E-state index < -0.39 is 0 Å². The van der Waals surface area contributed by atoms with Crippen molar-refractivity contribution in [1.29, 1.82) is 0 Å². The standard InChI is InChI=1S/C18H17N3O3S/c1-12-19-17(20-24-12)11-23-15-4-2-13(3-5-15)18(22)21-8-6-16-14(10-21)7-9-25-16/h2-5,7,9H,6,8,10-11H2,1H3. The van der Waals surface area contributed by atoms with Crippen LogP contribution in [0.3, 0.4) is 0 Å². The maximum absolute atomic E-state index is 12.7. The molecule has 0 spiro atoms. The lowest BCUT2D eigenvalue weighted by Crippen LogP contribution is -2.35. The van der Waals surface area contributed by atoms with Crippen LogP contribution in [0, 0.1) is 6.92 Å². The first-order valence-electron chi connectivity index (χ1n) is 8.05. The van der Waals surface area contributed by atoms with E-state index in [2.05, 4.69) is 21.6 Å².